The summed E-state index contributed by atoms with van der Waals surface area (Å²) in [6.45, 7) is 1.68. The maximum atomic E-state index is 8.74. The van der Waals surface area contributed by atoms with Crippen molar-refractivity contribution in [1.29, 1.82) is 10.8 Å². The average Bonchev–Trinajstić information content (AvgIpc) is 2.58. The van der Waals surface area contributed by atoms with Gasteiger partial charge in [0.15, 0.2) is 0 Å². The molecule has 0 spiro atoms. The van der Waals surface area contributed by atoms with E-state index in [4.69, 9.17) is 67.5 Å². The van der Waals surface area contributed by atoms with Gasteiger partial charge in [-0.3, -0.25) is 13.7 Å². The quantitative estimate of drug-likeness (QED) is 0.0961. The van der Waals surface area contributed by atoms with Crippen LogP contribution in [0.25, 0.3) is 0 Å². The maximum absolute atomic E-state index is 8.74. The molecule has 0 aromatic carbocycles. The highest BCUT2D eigenvalue weighted by Crippen LogP contribution is 1.97. The molecular weight excluding hydrogens is 448 g/mol. The van der Waals surface area contributed by atoms with E-state index in [-0.39, 0.29) is 14.6 Å². The van der Waals surface area contributed by atoms with E-state index in [0.29, 0.717) is 37.4 Å². The van der Waals surface area contributed by atoms with Gasteiger partial charge in [0.05, 0.1) is 0 Å². The van der Waals surface area contributed by atoms with Gasteiger partial charge < -0.3 is 37.1 Å². The molecule has 0 aromatic heterocycles. The Balaban J connectivity index is -0.000000101. The molecule has 0 fully saturated rings. The van der Waals surface area contributed by atoms with E-state index in [2.05, 4.69) is 0 Å². The molecule has 0 saturated heterocycles. The average molecular weight is 485 g/mol. The van der Waals surface area contributed by atoms with E-state index < -0.39 is 20.8 Å². The molecule has 0 saturated carbocycles. The molecule has 0 bridgehead atoms. The lowest BCUT2D eigenvalue weighted by molar-refractivity contribution is 0.290. The van der Waals surface area contributed by atoms with Crippen molar-refractivity contribution in [2.45, 2.75) is 51.4 Å². The fourth-order valence-electron chi connectivity index (χ4n) is 1.47. The van der Waals surface area contributed by atoms with Crippen LogP contribution in [0.2, 0.25) is 0 Å². The number of nitrogens with two attached hydrogens (primary N) is 2. The Bertz CT molecular complexity index is 529. The molecule has 0 heterocycles. The molecular formula is C14H36N4O10S2. The lowest BCUT2D eigenvalue weighted by Gasteiger charge is -1.99. The number of rotatable bonds is 12. The third-order valence-corrected chi connectivity index (χ3v) is 2.64. The smallest absolute Gasteiger partial charge is 0.726 e. The standard InChI is InChI=1S/2C7H16N2O.2H2O4S/c2*8-5-1-3-7(9)4-2-6-10;2*1-5(2,3)4/h2*9-10H,1-6,8H2;2*(H2,1,2,3,4). The van der Waals surface area contributed by atoms with Crippen LogP contribution in [0.3, 0.4) is 0 Å². The fourth-order valence-corrected chi connectivity index (χ4v) is 1.47. The Morgan fingerprint density at radius 1 is 0.733 bits per heavy atom. The predicted molar refractivity (Wildman–Crippen MR) is 112 cm³/mol. The molecule has 30 heavy (non-hydrogen) atoms. The van der Waals surface area contributed by atoms with Crippen molar-refractivity contribution in [2.75, 3.05) is 26.3 Å². The molecule has 11 N–H and O–H groups in total. The molecule has 0 radical (unpaired) electrons. The van der Waals surface area contributed by atoms with Crippen LogP contribution in [0.5, 0.6) is 0 Å². The summed E-state index contributed by atoms with van der Waals surface area (Å²) in [5.41, 5.74) is 11.9. The molecule has 0 aliphatic rings. The normalized spacial score (nSPS) is 10.4. The minimum atomic E-state index is -4.92. The second-order valence-corrected chi connectivity index (χ2v) is 7.27. The van der Waals surface area contributed by atoms with E-state index in [1.807, 2.05) is 0 Å². The summed E-state index contributed by atoms with van der Waals surface area (Å²) >= 11 is 0. The van der Waals surface area contributed by atoms with Gasteiger partial charge in [-0.05, 0) is 64.5 Å². The van der Waals surface area contributed by atoms with Crippen molar-refractivity contribution in [3.05, 3.63) is 0 Å². The third-order valence-electron chi connectivity index (χ3n) is 2.64. The molecule has 14 nitrogen and oxygen atoms in total. The molecule has 184 valence electrons. The van der Waals surface area contributed by atoms with E-state index in [0.717, 1.165) is 38.5 Å². The van der Waals surface area contributed by atoms with Crippen molar-refractivity contribution >= 4 is 32.2 Å². The first kappa shape index (κ1) is 36.3. The van der Waals surface area contributed by atoms with Crippen LogP contribution in [0.1, 0.15) is 52.8 Å². The van der Waals surface area contributed by atoms with E-state index in [9.17, 15) is 0 Å². The highest BCUT2D eigenvalue weighted by atomic mass is 32.3. The first-order valence-electron chi connectivity index (χ1n) is 8.74. The van der Waals surface area contributed by atoms with Crippen molar-refractivity contribution in [1.82, 2.24) is 0 Å². The minimum Gasteiger partial charge on any atom is -0.726 e. The lowest BCUT2D eigenvalue weighted by Crippen LogP contribution is -2.04. The first-order valence-corrected chi connectivity index (χ1v) is 11.5. The molecule has 0 unspecified atom stereocenters. The van der Waals surface area contributed by atoms with E-state index >= 15 is 0 Å². The Labute approximate surface area is 179 Å². The molecule has 16 heteroatoms. The molecule has 0 amide bonds. The summed E-state index contributed by atoms with van der Waals surface area (Å²) in [7, 11) is -9.58. The van der Waals surface area contributed by atoms with Gasteiger partial charge >= 0.3 is 11.8 Å². The molecule has 0 aliphatic carbocycles. The van der Waals surface area contributed by atoms with Gasteiger partial charge in [-0.1, -0.05) is 0 Å². The van der Waals surface area contributed by atoms with Crippen LogP contribution in [0.4, 0.5) is 0 Å². The molecule has 0 aliphatic heterocycles. The van der Waals surface area contributed by atoms with Gasteiger partial charge in [-0.2, -0.15) is 8.42 Å². The van der Waals surface area contributed by atoms with Gasteiger partial charge in [0.25, 0.3) is 0 Å². The predicted octanol–water partition coefficient (Wildman–Crippen LogP) is -0.501. The number of aliphatic hydroxyl groups is 2. The third kappa shape index (κ3) is 81.2. The lowest BCUT2D eigenvalue weighted by atomic mass is 10.1. The second-order valence-electron chi connectivity index (χ2n) is 5.52. The van der Waals surface area contributed by atoms with Crippen molar-refractivity contribution < 1.29 is 46.7 Å². The van der Waals surface area contributed by atoms with Crippen LogP contribution in [0, 0.1) is 10.8 Å². The van der Waals surface area contributed by atoms with Crippen LogP contribution in [-0.4, -0.2) is 83.0 Å². The molecule has 0 atom stereocenters. The molecule has 0 aromatic rings. The highest BCUT2D eigenvalue weighted by Gasteiger charge is 1.95. The van der Waals surface area contributed by atoms with Crippen LogP contribution in [-0.2, 0) is 20.8 Å². The Hall–Kier alpha value is -1.08. The number of hydrogen-bond acceptors (Lipinski definition) is 11. The zero-order valence-electron chi connectivity index (χ0n) is 17.7. The topological polar surface area (TPSA) is 292 Å². The number of hydrogen-bond donors (Lipinski definition) is 9. The second kappa shape index (κ2) is 24.2. The summed E-state index contributed by atoms with van der Waals surface area (Å²) in [5.74, 6) is 0. The zero-order chi connectivity index (χ0) is 24.6. The van der Waals surface area contributed by atoms with Gasteiger partial charge in [-0.15, -0.1) is 0 Å². The SMILES string of the molecule is N=C(CCCN)CCCO.N=C(CCCN)CCCO.O=S(=O)(O)O.O=S(=O)([O-])O.[H+]. The van der Waals surface area contributed by atoms with Crippen LogP contribution in [0.15, 0.2) is 0 Å². The highest BCUT2D eigenvalue weighted by molar-refractivity contribution is 7.80. The van der Waals surface area contributed by atoms with Gasteiger partial charge in [0, 0.05) is 24.6 Å². The zero-order valence-corrected chi connectivity index (χ0v) is 18.4. The summed E-state index contributed by atoms with van der Waals surface area (Å²) in [4.78, 5) is 0. The van der Waals surface area contributed by atoms with Crippen molar-refractivity contribution in [3.63, 3.8) is 0 Å². The summed E-state index contributed by atoms with van der Waals surface area (Å²) < 4.78 is 64.4. The van der Waals surface area contributed by atoms with Crippen LogP contribution < -0.4 is 11.5 Å². The summed E-state index contributed by atoms with van der Waals surface area (Å²) in [6, 6.07) is 0. The number of aliphatic hydroxyl groups excluding tert-OH is 2. The van der Waals surface area contributed by atoms with Crippen molar-refractivity contribution in [2.24, 2.45) is 11.5 Å². The Kier molecular flexibility index (Phi) is 29.3. The van der Waals surface area contributed by atoms with Gasteiger partial charge in [-0.25, -0.2) is 8.42 Å². The number of nitrogens with one attached hydrogen (secondary N) is 2. The van der Waals surface area contributed by atoms with Crippen molar-refractivity contribution in [3.8, 4) is 0 Å². The van der Waals surface area contributed by atoms with E-state index in [1.54, 1.807) is 0 Å². The minimum absolute atomic E-state index is 0. The fraction of sp³-hybridized carbons (Fsp3) is 0.857. The molecule has 0 rings (SSSR count). The largest absolute Gasteiger partial charge is 1.00 e. The van der Waals surface area contributed by atoms with E-state index in [1.165, 1.54) is 0 Å². The first-order chi connectivity index (χ1) is 13.6. The Morgan fingerprint density at radius 2 is 0.933 bits per heavy atom. The van der Waals surface area contributed by atoms with Gasteiger partial charge in [0.1, 0.15) is 0 Å². The summed E-state index contributed by atoms with van der Waals surface area (Å²) in [5, 5.41) is 31.5. The monoisotopic (exact) mass is 484 g/mol. The summed E-state index contributed by atoms with van der Waals surface area (Å²) in [6.07, 6.45) is 6.22. The maximum Gasteiger partial charge on any atom is 1.00 e. The van der Waals surface area contributed by atoms with Gasteiger partial charge in [0.2, 0.25) is 10.4 Å². The van der Waals surface area contributed by atoms with Crippen LogP contribution >= 0.6 is 0 Å². The Morgan fingerprint density at radius 3 is 1.10 bits per heavy atom.